The molecule has 3 rings (SSSR count). The number of sulfone groups is 1. The first kappa shape index (κ1) is 16.9. The molecule has 0 spiro atoms. The molecule has 11 heteroatoms. The molecule has 0 radical (unpaired) electrons. The van der Waals surface area contributed by atoms with Gasteiger partial charge in [0.25, 0.3) is 0 Å². The molecular weight excluding hydrogens is 372 g/mol. The number of carbonyl (C=O) groups is 1. The van der Waals surface area contributed by atoms with Crippen molar-refractivity contribution < 1.29 is 22.7 Å². The number of benzene rings is 1. The van der Waals surface area contributed by atoms with Gasteiger partial charge in [-0.25, -0.2) is 8.42 Å². The maximum Gasteiger partial charge on any atom is 0.239 e. The molecule has 2 aromatic heterocycles. The Morgan fingerprint density at radius 2 is 1.96 bits per heavy atom. The third kappa shape index (κ3) is 3.30. The number of ketones is 1. The monoisotopic (exact) mass is 380 g/mol. The van der Waals surface area contributed by atoms with Gasteiger partial charge in [-0.05, 0) is 29.5 Å². The highest BCUT2D eigenvalue weighted by Gasteiger charge is 2.26. The van der Waals surface area contributed by atoms with Gasteiger partial charge in [0.15, 0.2) is 11.5 Å². The summed E-state index contributed by atoms with van der Waals surface area (Å²) in [6.45, 7) is 0. The Morgan fingerprint density at radius 3 is 2.60 bits per heavy atom. The lowest BCUT2D eigenvalue weighted by atomic mass is 10.2. The normalized spacial score (nSPS) is 12.3. The first-order valence-electron chi connectivity index (χ1n) is 6.65. The highest BCUT2D eigenvalue weighted by atomic mass is 35.5. The third-order valence-electron chi connectivity index (χ3n) is 3.15. The molecule has 3 aromatic rings. The number of rotatable bonds is 5. The predicted molar refractivity (Wildman–Crippen MR) is 84.7 cm³/mol. The van der Waals surface area contributed by atoms with E-state index in [4.69, 9.17) is 16.0 Å². The van der Waals surface area contributed by atoms with Crippen molar-refractivity contribution in [2.24, 2.45) is 0 Å². The number of nitrogens with one attached hydrogen (secondary N) is 1. The average Bonchev–Trinajstić information content (AvgIpc) is 3.27. The number of tetrazole rings is 1. The zero-order valence-corrected chi connectivity index (χ0v) is 13.8. The van der Waals surface area contributed by atoms with E-state index in [9.17, 15) is 18.3 Å². The Morgan fingerprint density at radius 1 is 1.24 bits per heavy atom. The van der Waals surface area contributed by atoms with Crippen LogP contribution in [0.4, 0.5) is 0 Å². The van der Waals surface area contributed by atoms with Crippen LogP contribution in [0.3, 0.4) is 0 Å². The maximum atomic E-state index is 12.7. The van der Waals surface area contributed by atoms with Gasteiger partial charge in [0, 0.05) is 11.1 Å². The summed E-state index contributed by atoms with van der Waals surface area (Å²) in [5, 5.41) is 22.5. The fraction of sp³-hybridized carbons (Fsp3) is 0. The van der Waals surface area contributed by atoms with Crippen molar-refractivity contribution in [2.75, 3.05) is 0 Å². The molecule has 128 valence electrons. The number of furan rings is 1. The fourth-order valence-electron chi connectivity index (χ4n) is 1.95. The van der Waals surface area contributed by atoms with Crippen LogP contribution in [0.5, 0.6) is 0 Å². The molecule has 2 N–H and O–H groups in total. The molecule has 0 aliphatic rings. The molecular formula is C14H9ClN4O5S. The molecule has 0 saturated heterocycles. The molecule has 9 nitrogen and oxygen atoms in total. The van der Waals surface area contributed by atoms with E-state index < -0.39 is 21.4 Å². The van der Waals surface area contributed by atoms with E-state index in [0.29, 0.717) is 5.02 Å². The quantitative estimate of drug-likeness (QED) is 0.389. The highest BCUT2D eigenvalue weighted by molar-refractivity contribution is 7.91. The van der Waals surface area contributed by atoms with E-state index in [1.165, 1.54) is 24.3 Å². The van der Waals surface area contributed by atoms with Gasteiger partial charge in [0.05, 0.1) is 10.5 Å². The molecule has 0 aliphatic carbocycles. The number of aromatic nitrogens is 4. The zero-order valence-electron chi connectivity index (χ0n) is 12.2. The van der Waals surface area contributed by atoms with Crippen LogP contribution < -0.4 is 0 Å². The lowest BCUT2D eigenvalue weighted by molar-refractivity contribution is 0.104. The van der Waals surface area contributed by atoms with Crippen LogP contribution in [0.2, 0.25) is 5.02 Å². The number of aromatic amines is 1. The molecule has 0 saturated carbocycles. The van der Waals surface area contributed by atoms with Crippen molar-refractivity contribution in [3.05, 3.63) is 59.3 Å². The number of aliphatic hydroxyl groups excluding tert-OH is 1. The van der Waals surface area contributed by atoms with Crippen molar-refractivity contribution in [2.45, 2.75) is 9.79 Å². The van der Waals surface area contributed by atoms with Crippen molar-refractivity contribution in [3.8, 4) is 0 Å². The van der Waals surface area contributed by atoms with Crippen molar-refractivity contribution in [1.82, 2.24) is 20.6 Å². The smallest absolute Gasteiger partial charge is 0.239 e. The summed E-state index contributed by atoms with van der Waals surface area (Å²) in [7, 11) is -4.01. The topological polar surface area (TPSA) is 139 Å². The second kappa shape index (κ2) is 6.49. The minimum atomic E-state index is -4.01. The Balaban J connectivity index is 1.99. The molecule has 2 heterocycles. The van der Waals surface area contributed by atoms with Gasteiger partial charge in [-0.2, -0.15) is 5.21 Å². The second-order valence-electron chi connectivity index (χ2n) is 4.74. The second-order valence-corrected chi connectivity index (χ2v) is 7.09. The third-order valence-corrected chi connectivity index (χ3v) is 5.19. The first-order chi connectivity index (χ1) is 11.9. The van der Waals surface area contributed by atoms with Crippen molar-refractivity contribution >= 4 is 33.0 Å². The first-order valence-corrected chi connectivity index (χ1v) is 8.51. The van der Waals surface area contributed by atoms with Crippen LogP contribution in [0, 0.1) is 0 Å². The number of aliphatic hydroxyl groups is 1. The lowest BCUT2D eigenvalue weighted by Gasteiger charge is -2.04. The van der Waals surface area contributed by atoms with Gasteiger partial charge in [-0.3, -0.25) is 4.79 Å². The molecule has 0 atom stereocenters. The van der Waals surface area contributed by atoms with E-state index >= 15 is 0 Å². The SMILES string of the molecule is O=C(C=C(O)c1nn[nH]n1)c1cocc1S(=O)(=O)c1ccc(Cl)cc1. The van der Waals surface area contributed by atoms with Gasteiger partial charge in [-0.15, -0.1) is 10.2 Å². The number of halogens is 1. The van der Waals surface area contributed by atoms with Crippen LogP contribution in [0.15, 0.2) is 57.1 Å². The van der Waals surface area contributed by atoms with Gasteiger partial charge < -0.3 is 9.52 Å². The van der Waals surface area contributed by atoms with Crippen LogP contribution in [-0.2, 0) is 9.84 Å². The molecule has 0 bridgehead atoms. The van der Waals surface area contributed by atoms with Crippen molar-refractivity contribution in [1.29, 1.82) is 0 Å². The largest absolute Gasteiger partial charge is 0.504 e. The van der Waals surface area contributed by atoms with E-state index in [0.717, 1.165) is 18.6 Å². The molecule has 0 aliphatic heterocycles. The van der Waals surface area contributed by atoms with Gasteiger partial charge in [0.1, 0.15) is 17.4 Å². The average molecular weight is 381 g/mol. The van der Waals surface area contributed by atoms with Gasteiger partial charge in [0.2, 0.25) is 15.7 Å². The minimum absolute atomic E-state index is 0.0567. The van der Waals surface area contributed by atoms with Crippen LogP contribution in [0.1, 0.15) is 16.2 Å². The van der Waals surface area contributed by atoms with Crippen molar-refractivity contribution in [3.63, 3.8) is 0 Å². The van der Waals surface area contributed by atoms with E-state index in [1.807, 2.05) is 0 Å². The van der Waals surface area contributed by atoms with Gasteiger partial charge >= 0.3 is 0 Å². The summed E-state index contributed by atoms with van der Waals surface area (Å²) in [6, 6.07) is 5.45. The number of H-pyrrole nitrogens is 1. The van der Waals surface area contributed by atoms with E-state index in [1.54, 1.807) is 0 Å². The molecule has 25 heavy (non-hydrogen) atoms. The standard InChI is InChI=1S/C14H9ClN4O5S/c15-8-1-3-9(4-2-8)25(22,23)13-7-24-6-10(13)11(20)5-12(21)14-16-18-19-17-14/h1-7,21H,(H,16,17,18,19). The lowest BCUT2D eigenvalue weighted by Crippen LogP contribution is -2.07. The predicted octanol–water partition coefficient (Wildman–Crippen LogP) is 2.06. The van der Waals surface area contributed by atoms with Crippen LogP contribution in [0.25, 0.3) is 5.76 Å². The molecule has 0 unspecified atom stereocenters. The highest BCUT2D eigenvalue weighted by Crippen LogP contribution is 2.27. The molecule has 0 fully saturated rings. The summed E-state index contributed by atoms with van der Waals surface area (Å²) in [4.78, 5) is 11.9. The van der Waals surface area contributed by atoms with E-state index in [-0.39, 0.29) is 21.2 Å². The van der Waals surface area contributed by atoms with Crippen LogP contribution in [-0.4, -0.2) is 39.9 Å². The maximum absolute atomic E-state index is 12.7. The summed E-state index contributed by atoms with van der Waals surface area (Å²) < 4.78 is 30.2. The summed E-state index contributed by atoms with van der Waals surface area (Å²) >= 11 is 5.75. The van der Waals surface area contributed by atoms with E-state index in [2.05, 4.69) is 20.6 Å². The fourth-order valence-corrected chi connectivity index (χ4v) is 3.45. The zero-order chi connectivity index (χ0) is 18.0. The summed E-state index contributed by atoms with van der Waals surface area (Å²) in [5.41, 5.74) is -0.245. The summed E-state index contributed by atoms with van der Waals surface area (Å²) in [5.74, 6) is -1.59. The Labute approximate surface area is 145 Å². The van der Waals surface area contributed by atoms with Crippen LogP contribution >= 0.6 is 11.6 Å². The Hall–Kier alpha value is -2.98. The molecule has 1 aromatic carbocycles. The van der Waals surface area contributed by atoms with Gasteiger partial charge in [-0.1, -0.05) is 11.6 Å². The number of allylic oxidation sites excluding steroid dienone is 1. The number of carbonyl (C=O) groups excluding carboxylic acids is 1. The summed E-state index contributed by atoms with van der Waals surface area (Å²) in [6.07, 6.45) is 2.69. The number of hydrogen-bond donors (Lipinski definition) is 2. The minimum Gasteiger partial charge on any atom is -0.504 e. The Kier molecular flexibility index (Phi) is 4.38. The Bertz CT molecular complexity index is 1040. The molecule has 0 amide bonds. The number of nitrogens with zero attached hydrogens (tertiary/aromatic N) is 3. The number of hydrogen-bond acceptors (Lipinski definition) is 8.